The van der Waals surface area contributed by atoms with E-state index in [9.17, 15) is 4.79 Å². The summed E-state index contributed by atoms with van der Waals surface area (Å²) in [5.74, 6) is -0.117. The van der Waals surface area contributed by atoms with Crippen molar-refractivity contribution in [2.75, 3.05) is 5.32 Å². The van der Waals surface area contributed by atoms with Crippen molar-refractivity contribution >= 4 is 34.0 Å². The molecule has 0 spiro atoms. The van der Waals surface area contributed by atoms with E-state index < -0.39 is 0 Å². The molecule has 7 heteroatoms. The smallest absolute Gasteiger partial charge is 0.251 e. The van der Waals surface area contributed by atoms with Gasteiger partial charge in [-0.1, -0.05) is 18.5 Å². The Morgan fingerprint density at radius 1 is 1.33 bits per heavy atom. The van der Waals surface area contributed by atoms with Gasteiger partial charge in [-0.15, -0.1) is 11.3 Å². The first-order chi connectivity index (χ1) is 9.85. The molecule has 0 saturated carbocycles. The average Bonchev–Trinajstić information content (AvgIpc) is 2.86. The van der Waals surface area contributed by atoms with Gasteiger partial charge in [0.05, 0.1) is 22.1 Å². The van der Waals surface area contributed by atoms with Crippen LogP contribution in [0.25, 0.3) is 0 Å². The van der Waals surface area contributed by atoms with E-state index in [1.54, 1.807) is 4.68 Å². The molecule has 2 aromatic heterocycles. The van der Waals surface area contributed by atoms with Gasteiger partial charge in [-0.05, 0) is 34.1 Å². The van der Waals surface area contributed by atoms with Gasteiger partial charge in [-0.25, -0.2) is 4.98 Å². The minimum absolute atomic E-state index is 0.117. The fraction of sp³-hybridized carbons (Fsp3) is 0.500. The maximum Gasteiger partial charge on any atom is 0.251 e. The largest absolute Gasteiger partial charge is 0.300 e. The molecule has 2 rings (SSSR count). The molecule has 0 aliphatic carbocycles. The van der Waals surface area contributed by atoms with Gasteiger partial charge >= 0.3 is 0 Å². The van der Waals surface area contributed by atoms with Crippen LogP contribution in [0.1, 0.15) is 41.3 Å². The second-order valence-electron chi connectivity index (χ2n) is 5.00. The Balaban J connectivity index is 2.24. The van der Waals surface area contributed by atoms with Crippen molar-refractivity contribution in [2.45, 2.75) is 47.1 Å². The summed E-state index contributed by atoms with van der Waals surface area (Å²) in [6, 6.07) is -0.388. The van der Waals surface area contributed by atoms with Crippen LogP contribution < -0.4 is 5.32 Å². The Kier molecular flexibility index (Phi) is 4.68. The maximum atomic E-state index is 12.5. The second-order valence-corrected chi connectivity index (χ2v) is 6.58. The van der Waals surface area contributed by atoms with Crippen LogP contribution in [-0.4, -0.2) is 20.7 Å². The number of amides is 1. The van der Waals surface area contributed by atoms with E-state index in [2.05, 4.69) is 15.4 Å². The van der Waals surface area contributed by atoms with Crippen LogP contribution in [0.2, 0.25) is 5.02 Å². The SMILES string of the molecule is CCC(C(=O)Nc1nc(C)c(C)s1)n1nc(C)c(Cl)c1C. The molecular weight excluding hydrogens is 308 g/mol. The summed E-state index contributed by atoms with van der Waals surface area (Å²) in [6.45, 7) is 9.58. The van der Waals surface area contributed by atoms with Crippen molar-refractivity contribution in [3.8, 4) is 0 Å². The minimum atomic E-state index is -0.388. The van der Waals surface area contributed by atoms with Crippen LogP contribution in [0.4, 0.5) is 5.13 Å². The van der Waals surface area contributed by atoms with Gasteiger partial charge in [-0.3, -0.25) is 9.48 Å². The lowest BCUT2D eigenvalue weighted by atomic mass is 10.2. The number of nitrogens with one attached hydrogen (secondary N) is 1. The molecule has 0 aliphatic heterocycles. The zero-order valence-corrected chi connectivity index (χ0v) is 14.4. The number of hydrogen-bond donors (Lipinski definition) is 1. The molecule has 1 atom stereocenters. The molecule has 0 radical (unpaired) electrons. The quantitative estimate of drug-likeness (QED) is 0.929. The maximum absolute atomic E-state index is 12.5. The topological polar surface area (TPSA) is 59.8 Å². The lowest BCUT2D eigenvalue weighted by molar-refractivity contribution is -0.119. The van der Waals surface area contributed by atoms with Crippen LogP contribution in [-0.2, 0) is 4.79 Å². The summed E-state index contributed by atoms with van der Waals surface area (Å²) in [4.78, 5) is 17.9. The molecule has 1 amide bonds. The summed E-state index contributed by atoms with van der Waals surface area (Å²) in [5, 5.41) is 8.49. The Morgan fingerprint density at radius 3 is 2.43 bits per heavy atom. The van der Waals surface area contributed by atoms with Crippen molar-refractivity contribution in [3.63, 3.8) is 0 Å². The second kappa shape index (κ2) is 6.15. The van der Waals surface area contributed by atoms with Crippen LogP contribution in [0.5, 0.6) is 0 Å². The summed E-state index contributed by atoms with van der Waals surface area (Å²) in [6.07, 6.45) is 0.632. The Labute approximate surface area is 133 Å². The molecule has 21 heavy (non-hydrogen) atoms. The molecule has 0 fully saturated rings. The molecule has 2 heterocycles. The van der Waals surface area contributed by atoms with E-state index in [0.29, 0.717) is 16.6 Å². The molecule has 0 aliphatic rings. The minimum Gasteiger partial charge on any atom is -0.300 e. The summed E-state index contributed by atoms with van der Waals surface area (Å²) >= 11 is 7.64. The average molecular weight is 327 g/mol. The van der Waals surface area contributed by atoms with Gasteiger partial charge < -0.3 is 5.32 Å². The molecule has 0 aromatic carbocycles. The fourth-order valence-corrected chi connectivity index (χ4v) is 3.07. The van der Waals surface area contributed by atoms with Gasteiger partial charge in [-0.2, -0.15) is 5.10 Å². The van der Waals surface area contributed by atoms with Gasteiger partial charge in [0.15, 0.2) is 5.13 Å². The standard InChI is InChI=1S/C14H19ClN4OS/c1-6-11(19-9(4)12(15)8(3)18-19)13(20)17-14-16-7(2)10(5)21-14/h11H,6H2,1-5H3,(H,16,17,20). The van der Waals surface area contributed by atoms with E-state index >= 15 is 0 Å². The number of aryl methyl sites for hydroxylation is 3. The number of carbonyl (C=O) groups is 1. The van der Waals surface area contributed by atoms with Crippen molar-refractivity contribution in [2.24, 2.45) is 0 Å². The van der Waals surface area contributed by atoms with Crippen LogP contribution >= 0.6 is 22.9 Å². The predicted octanol–water partition coefficient (Wildman–Crippen LogP) is 3.82. The van der Waals surface area contributed by atoms with Gasteiger partial charge in [0.1, 0.15) is 6.04 Å². The fourth-order valence-electron chi connectivity index (χ4n) is 2.13. The van der Waals surface area contributed by atoms with E-state index in [1.807, 2.05) is 34.6 Å². The van der Waals surface area contributed by atoms with Crippen LogP contribution in [0.3, 0.4) is 0 Å². The lowest BCUT2D eigenvalue weighted by Gasteiger charge is -2.16. The van der Waals surface area contributed by atoms with Gasteiger partial charge in [0.2, 0.25) is 0 Å². The number of halogens is 1. The molecular formula is C14H19ClN4OS. The first-order valence-corrected chi connectivity index (χ1v) is 8.00. The zero-order valence-electron chi connectivity index (χ0n) is 12.8. The first kappa shape index (κ1) is 16.0. The van der Waals surface area contributed by atoms with E-state index in [-0.39, 0.29) is 11.9 Å². The predicted molar refractivity (Wildman–Crippen MR) is 86.3 cm³/mol. The van der Waals surface area contributed by atoms with Crippen molar-refractivity contribution in [3.05, 3.63) is 27.0 Å². The number of aromatic nitrogens is 3. The number of hydrogen-bond acceptors (Lipinski definition) is 4. The highest BCUT2D eigenvalue weighted by Crippen LogP contribution is 2.26. The number of thiazole rings is 1. The molecule has 1 unspecified atom stereocenters. The first-order valence-electron chi connectivity index (χ1n) is 6.81. The third-order valence-corrected chi connectivity index (χ3v) is 5.02. The zero-order chi connectivity index (χ0) is 15.7. The highest BCUT2D eigenvalue weighted by Gasteiger charge is 2.24. The molecule has 0 bridgehead atoms. The summed E-state index contributed by atoms with van der Waals surface area (Å²) in [5.41, 5.74) is 2.49. The Morgan fingerprint density at radius 2 is 2.00 bits per heavy atom. The lowest BCUT2D eigenvalue weighted by Crippen LogP contribution is -2.27. The third-order valence-electron chi connectivity index (χ3n) is 3.48. The van der Waals surface area contributed by atoms with Crippen molar-refractivity contribution in [1.29, 1.82) is 0 Å². The summed E-state index contributed by atoms with van der Waals surface area (Å²) < 4.78 is 1.69. The summed E-state index contributed by atoms with van der Waals surface area (Å²) in [7, 11) is 0. The Bertz CT molecular complexity index is 657. The van der Waals surface area contributed by atoms with Gasteiger partial charge in [0.25, 0.3) is 5.91 Å². The third kappa shape index (κ3) is 3.11. The number of carbonyl (C=O) groups excluding carboxylic acids is 1. The van der Waals surface area contributed by atoms with Crippen molar-refractivity contribution in [1.82, 2.24) is 14.8 Å². The van der Waals surface area contributed by atoms with E-state index in [1.165, 1.54) is 11.3 Å². The molecule has 0 saturated heterocycles. The molecule has 5 nitrogen and oxygen atoms in total. The van der Waals surface area contributed by atoms with Gasteiger partial charge in [0, 0.05) is 4.88 Å². The highest BCUT2D eigenvalue weighted by atomic mass is 35.5. The normalized spacial score (nSPS) is 12.5. The number of anilines is 1. The Hall–Kier alpha value is -1.40. The monoisotopic (exact) mass is 326 g/mol. The molecule has 114 valence electrons. The van der Waals surface area contributed by atoms with E-state index in [0.717, 1.165) is 22.0 Å². The molecule has 1 N–H and O–H groups in total. The number of rotatable bonds is 4. The van der Waals surface area contributed by atoms with Crippen LogP contribution in [0, 0.1) is 27.7 Å². The van der Waals surface area contributed by atoms with Crippen molar-refractivity contribution < 1.29 is 4.79 Å². The number of nitrogens with zero attached hydrogens (tertiary/aromatic N) is 3. The highest BCUT2D eigenvalue weighted by molar-refractivity contribution is 7.15. The van der Waals surface area contributed by atoms with E-state index in [4.69, 9.17) is 11.6 Å². The molecule has 2 aromatic rings. The van der Waals surface area contributed by atoms with Crippen LogP contribution in [0.15, 0.2) is 0 Å².